The fraction of sp³-hybridized carbons (Fsp3) is 0.471. The van der Waals surface area contributed by atoms with E-state index in [1.165, 1.54) is 110 Å². The van der Waals surface area contributed by atoms with E-state index in [1.807, 2.05) is 34.0 Å². The van der Waals surface area contributed by atoms with Crippen molar-refractivity contribution in [1.29, 1.82) is 0 Å². The smallest absolute Gasteiger partial charge is 0.124 e. The van der Waals surface area contributed by atoms with Gasteiger partial charge in [-0.1, -0.05) is 109 Å². The number of hydrogen-bond donors (Lipinski definition) is 0. The first-order chi connectivity index (χ1) is 19.7. The van der Waals surface area contributed by atoms with Gasteiger partial charge in [0.1, 0.15) is 11.4 Å². The third-order valence-electron chi connectivity index (χ3n) is 8.25. The summed E-state index contributed by atoms with van der Waals surface area (Å²) in [5.74, 6) is 1.47. The SMILES string of the molecule is CCCCC(CC)Cc1ccsc1-c1sc(-c2sc(-c3ccccc3)cc2CC(CC)CCCC)c2c1N=S=N2. The van der Waals surface area contributed by atoms with E-state index in [9.17, 15) is 0 Å². The van der Waals surface area contributed by atoms with Crippen LogP contribution in [-0.4, -0.2) is 0 Å². The van der Waals surface area contributed by atoms with Crippen molar-refractivity contribution >= 4 is 56.7 Å². The van der Waals surface area contributed by atoms with Gasteiger partial charge < -0.3 is 0 Å². The maximum atomic E-state index is 4.90. The average Bonchev–Trinajstić information content (AvgIpc) is 3.78. The summed E-state index contributed by atoms with van der Waals surface area (Å²) in [6, 6.07) is 15.7. The summed E-state index contributed by atoms with van der Waals surface area (Å²) in [4.78, 5) is 6.84. The molecule has 0 spiro atoms. The molecule has 40 heavy (non-hydrogen) atoms. The Morgan fingerprint density at radius 3 is 1.93 bits per heavy atom. The summed E-state index contributed by atoms with van der Waals surface area (Å²) in [5.41, 5.74) is 6.51. The molecule has 0 amide bonds. The van der Waals surface area contributed by atoms with Gasteiger partial charge in [-0.2, -0.15) is 8.73 Å². The van der Waals surface area contributed by atoms with Crippen molar-refractivity contribution in [1.82, 2.24) is 0 Å². The average molecular weight is 607 g/mol. The molecule has 0 fully saturated rings. The molecule has 2 nitrogen and oxygen atoms in total. The second-order valence-corrected chi connectivity index (χ2v) is 14.6. The molecular formula is C34H42N2S4. The molecule has 0 aliphatic carbocycles. The van der Waals surface area contributed by atoms with Gasteiger partial charge in [-0.05, 0) is 58.9 Å². The minimum Gasteiger partial charge on any atom is -0.171 e. The van der Waals surface area contributed by atoms with Crippen molar-refractivity contribution in [2.24, 2.45) is 20.6 Å². The summed E-state index contributed by atoms with van der Waals surface area (Å²) in [6.45, 7) is 9.32. The Morgan fingerprint density at radius 2 is 1.30 bits per heavy atom. The first-order valence-electron chi connectivity index (χ1n) is 15.2. The lowest BCUT2D eigenvalue weighted by Gasteiger charge is -2.15. The molecule has 5 rings (SSSR count). The van der Waals surface area contributed by atoms with E-state index in [1.54, 1.807) is 0 Å². The normalized spacial score (nSPS) is 13.9. The lowest BCUT2D eigenvalue weighted by Crippen LogP contribution is -2.03. The van der Waals surface area contributed by atoms with E-state index in [4.69, 9.17) is 8.73 Å². The predicted molar refractivity (Wildman–Crippen MR) is 182 cm³/mol. The zero-order valence-electron chi connectivity index (χ0n) is 24.4. The minimum atomic E-state index is 0.721. The van der Waals surface area contributed by atoms with E-state index in [2.05, 4.69) is 75.5 Å². The Kier molecular flexibility index (Phi) is 10.6. The molecule has 1 aliphatic rings. The minimum absolute atomic E-state index is 0.721. The number of unbranched alkanes of at least 4 members (excludes halogenated alkanes) is 2. The van der Waals surface area contributed by atoms with Crippen LogP contribution in [0.2, 0.25) is 0 Å². The zero-order valence-corrected chi connectivity index (χ0v) is 27.6. The van der Waals surface area contributed by atoms with Crippen molar-refractivity contribution in [3.8, 4) is 29.9 Å². The first kappa shape index (κ1) is 29.6. The zero-order chi connectivity index (χ0) is 27.9. The van der Waals surface area contributed by atoms with Crippen molar-refractivity contribution < 1.29 is 0 Å². The predicted octanol–water partition coefficient (Wildman–Crippen LogP) is 13.1. The van der Waals surface area contributed by atoms with Crippen LogP contribution in [0.15, 0.2) is 56.6 Å². The summed E-state index contributed by atoms with van der Waals surface area (Å²) >= 11 is 7.14. The number of rotatable bonds is 15. The van der Waals surface area contributed by atoms with Gasteiger partial charge in [-0.25, -0.2) is 0 Å². The molecule has 0 saturated heterocycles. The Balaban J connectivity index is 1.55. The van der Waals surface area contributed by atoms with Crippen LogP contribution in [0.5, 0.6) is 0 Å². The van der Waals surface area contributed by atoms with Crippen molar-refractivity contribution in [3.05, 3.63) is 59.0 Å². The van der Waals surface area contributed by atoms with Crippen molar-refractivity contribution in [3.63, 3.8) is 0 Å². The van der Waals surface area contributed by atoms with Crippen LogP contribution in [0.1, 0.15) is 90.2 Å². The molecular weight excluding hydrogens is 565 g/mol. The number of thiophene rings is 3. The maximum absolute atomic E-state index is 4.90. The van der Waals surface area contributed by atoms with Gasteiger partial charge >= 0.3 is 0 Å². The molecule has 0 N–H and O–H groups in total. The van der Waals surface area contributed by atoms with Gasteiger partial charge in [0.15, 0.2) is 0 Å². The van der Waals surface area contributed by atoms with Gasteiger partial charge in [-0.15, -0.1) is 34.0 Å². The largest absolute Gasteiger partial charge is 0.171 e. The molecule has 0 bridgehead atoms. The van der Waals surface area contributed by atoms with E-state index >= 15 is 0 Å². The fourth-order valence-corrected chi connectivity index (χ4v) is 10.1. The van der Waals surface area contributed by atoms with Crippen LogP contribution < -0.4 is 0 Å². The Bertz CT molecular complexity index is 1450. The molecule has 0 radical (unpaired) electrons. The standard InChI is InChI=1S/C34H42N2S4/c1-5-9-14-23(7-3)20-26-18-19-37-31(26)33-29-30(36-40-35-29)34(39-33)32-27(21-24(8-4)15-10-6-2)22-28(38-32)25-16-12-11-13-17-25/h11-13,16-19,22-24H,5-10,14-15,20-21H2,1-4H3. The van der Waals surface area contributed by atoms with E-state index < -0.39 is 0 Å². The monoisotopic (exact) mass is 606 g/mol. The molecule has 2 atom stereocenters. The third kappa shape index (κ3) is 6.61. The number of nitrogens with zero attached hydrogens (tertiary/aromatic N) is 2. The number of hydrogen-bond acceptors (Lipinski definition) is 5. The first-order valence-corrected chi connectivity index (χ1v) is 18.4. The van der Waals surface area contributed by atoms with Crippen LogP contribution in [0.4, 0.5) is 11.4 Å². The van der Waals surface area contributed by atoms with Crippen molar-refractivity contribution in [2.75, 3.05) is 0 Å². The Hall–Kier alpha value is -1.86. The highest BCUT2D eigenvalue weighted by Gasteiger charge is 2.28. The fourth-order valence-electron chi connectivity index (χ4n) is 5.71. The van der Waals surface area contributed by atoms with Gasteiger partial charge in [0, 0.05) is 9.75 Å². The highest BCUT2D eigenvalue weighted by atomic mass is 32.1. The summed E-state index contributed by atoms with van der Waals surface area (Å²) < 4.78 is 9.77. The topological polar surface area (TPSA) is 24.7 Å². The third-order valence-corrected chi connectivity index (χ3v) is 12.5. The Labute approximate surface area is 256 Å². The van der Waals surface area contributed by atoms with Gasteiger partial charge in [0.05, 0.1) is 26.0 Å². The van der Waals surface area contributed by atoms with E-state index in [0.717, 1.165) is 29.6 Å². The summed E-state index contributed by atoms with van der Waals surface area (Å²) in [6.07, 6.45) is 12.6. The molecule has 4 aromatic rings. The lowest BCUT2D eigenvalue weighted by atomic mass is 9.91. The van der Waals surface area contributed by atoms with Crippen LogP contribution in [-0.2, 0) is 24.2 Å². The summed E-state index contributed by atoms with van der Waals surface area (Å²) in [7, 11) is 0. The Morgan fingerprint density at radius 1 is 0.675 bits per heavy atom. The van der Waals surface area contributed by atoms with E-state index in [-0.39, 0.29) is 0 Å². The van der Waals surface area contributed by atoms with Gasteiger partial charge in [0.25, 0.3) is 0 Å². The molecule has 1 aromatic carbocycles. The number of benzene rings is 1. The van der Waals surface area contributed by atoms with E-state index in [0.29, 0.717) is 0 Å². The van der Waals surface area contributed by atoms with Crippen LogP contribution in [0, 0.1) is 11.8 Å². The van der Waals surface area contributed by atoms with Gasteiger partial charge in [-0.3, -0.25) is 0 Å². The second-order valence-electron chi connectivity index (χ2n) is 11.1. The lowest BCUT2D eigenvalue weighted by molar-refractivity contribution is 0.450. The highest BCUT2D eigenvalue weighted by molar-refractivity contribution is 7.58. The van der Waals surface area contributed by atoms with Crippen LogP contribution in [0.3, 0.4) is 0 Å². The maximum Gasteiger partial charge on any atom is 0.124 e. The molecule has 4 heterocycles. The van der Waals surface area contributed by atoms with Crippen molar-refractivity contribution in [2.45, 2.75) is 91.9 Å². The summed E-state index contributed by atoms with van der Waals surface area (Å²) in [5, 5.41) is 2.28. The van der Waals surface area contributed by atoms with Crippen LogP contribution >= 0.6 is 34.0 Å². The molecule has 6 heteroatoms. The second kappa shape index (κ2) is 14.4. The number of fused-ring (bicyclic) bond motifs is 1. The van der Waals surface area contributed by atoms with Crippen LogP contribution in [0.25, 0.3) is 29.9 Å². The molecule has 2 unspecified atom stereocenters. The molecule has 1 aliphatic heterocycles. The highest BCUT2D eigenvalue weighted by Crippen LogP contribution is 2.58. The molecule has 3 aromatic heterocycles. The molecule has 0 saturated carbocycles. The quantitative estimate of drug-likeness (QED) is 0.113. The molecule has 212 valence electrons. The van der Waals surface area contributed by atoms with Gasteiger partial charge in [0.2, 0.25) is 0 Å².